The Bertz CT molecular complexity index is 686. The average Bonchev–Trinajstić information content (AvgIpc) is 2.43. The van der Waals surface area contributed by atoms with Crippen LogP contribution in [0.15, 0.2) is 23.9 Å². The van der Waals surface area contributed by atoms with Crippen LogP contribution in [-0.2, 0) is 9.53 Å². The maximum Gasteiger partial charge on any atom is 0.343 e. The molecule has 0 saturated heterocycles. The lowest BCUT2D eigenvalue weighted by atomic mass is 10.0. The Kier molecular flexibility index (Phi) is 6.53. The summed E-state index contributed by atoms with van der Waals surface area (Å²) in [7, 11) is 3.22. The lowest BCUT2D eigenvalue weighted by Crippen LogP contribution is -2.20. The molecule has 0 spiro atoms. The van der Waals surface area contributed by atoms with Gasteiger partial charge in [0.1, 0.15) is 10.6 Å². The van der Waals surface area contributed by atoms with Gasteiger partial charge in [0.05, 0.1) is 16.6 Å². The highest BCUT2D eigenvalue weighted by Crippen LogP contribution is 2.32. The number of hydrogen-bond donors (Lipinski definition) is 0. The number of benzene rings is 1. The first-order valence-corrected chi connectivity index (χ1v) is 7.18. The summed E-state index contributed by atoms with van der Waals surface area (Å²) in [6, 6.07) is 2.03. The Hall–Kier alpha value is -2.12. The number of rotatable bonds is 6. The molecule has 0 aliphatic heterocycles. The number of ether oxygens (including phenoxy) is 1. The minimum atomic E-state index is -0.847. The molecule has 0 aromatic heterocycles. The Morgan fingerprint density at radius 2 is 1.91 bits per heavy atom. The van der Waals surface area contributed by atoms with Gasteiger partial charge in [-0.25, -0.2) is 4.79 Å². The number of hydrogen-bond acceptors (Lipinski definition) is 6. The Labute approximate surface area is 142 Å². The third-order valence-electron chi connectivity index (χ3n) is 2.61. The molecule has 7 nitrogen and oxygen atoms in total. The fraction of sp³-hybridized carbons (Fsp3) is 0.286. The fourth-order valence-electron chi connectivity index (χ4n) is 1.67. The van der Waals surface area contributed by atoms with E-state index in [9.17, 15) is 19.7 Å². The van der Waals surface area contributed by atoms with E-state index in [1.54, 1.807) is 21.0 Å². The van der Waals surface area contributed by atoms with Crippen LogP contribution in [0.2, 0.25) is 10.0 Å². The average molecular weight is 361 g/mol. The number of nitrogens with zero attached hydrogens (tertiary/aromatic N) is 2. The molecule has 0 saturated carbocycles. The van der Waals surface area contributed by atoms with Crippen molar-refractivity contribution in [2.24, 2.45) is 0 Å². The van der Waals surface area contributed by atoms with Crippen LogP contribution in [0.5, 0.6) is 0 Å². The summed E-state index contributed by atoms with van der Waals surface area (Å²) >= 11 is 11.7. The minimum Gasteiger partial charge on any atom is -0.462 e. The summed E-state index contributed by atoms with van der Waals surface area (Å²) in [6.07, 6.45) is 1.26. The molecule has 9 heteroatoms. The van der Waals surface area contributed by atoms with E-state index in [2.05, 4.69) is 0 Å². The molecule has 0 atom stereocenters. The van der Waals surface area contributed by atoms with Crippen molar-refractivity contribution in [2.75, 3.05) is 20.7 Å². The molecule has 0 fully saturated rings. The molecule has 0 aliphatic carbocycles. The minimum absolute atomic E-state index is 0.0748. The normalized spacial score (nSPS) is 11.1. The first-order valence-electron chi connectivity index (χ1n) is 6.42. The van der Waals surface area contributed by atoms with Gasteiger partial charge in [-0.15, -0.1) is 0 Å². The van der Waals surface area contributed by atoms with Crippen LogP contribution in [0.3, 0.4) is 0 Å². The van der Waals surface area contributed by atoms with Gasteiger partial charge in [-0.2, -0.15) is 0 Å². The number of ketones is 1. The highest BCUT2D eigenvalue weighted by Gasteiger charge is 2.27. The molecule has 0 amide bonds. The number of carbonyl (C=O) groups excluding carboxylic acids is 2. The molecular formula is C14H14Cl2N2O5. The summed E-state index contributed by atoms with van der Waals surface area (Å²) in [5.41, 5.74) is -0.980. The van der Waals surface area contributed by atoms with E-state index in [1.165, 1.54) is 11.1 Å². The lowest BCUT2D eigenvalue weighted by Gasteiger charge is -2.11. The van der Waals surface area contributed by atoms with Crippen LogP contribution in [-0.4, -0.2) is 42.3 Å². The SMILES string of the molecule is CCOC(=O)/C(=C/N(C)C)C(=O)c1cc([N+](=O)[O-])c(Cl)cc1Cl. The van der Waals surface area contributed by atoms with E-state index in [4.69, 9.17) is 27.9 Å². The van der Waals surface area contributed by atoms with Gasteiger partial charge < -0.3 is 9.64 Å². The van der Waals surface area contributed by atoms with Crippen LogP contribution in [0, 0.1) is 10.1 Å². The topological polar surface area (TPSA) is 89.8 Å². The van der Waals surface area contributed by atoms with Gasteiger partial charge in [-0.05, 0) is 13.0 Å². The highest BCUT2D eigenvalue weighted by atomic mass is 35.5. The van der Waals surface area contributed by atoms with Crippen molar-refractivity contribution in [2.45, 2.75) is 6.92 Å². The molecular weight excluding hydrogens is 347 g/mol. The predicted molar refractivity (Wildman–Crippen MR) is 85.8 cm³/mol. The Balaban J connectivity index is 3.42. The number of nitro groups is 1. The molecule has 0 aliphatic rings. The predicted octanol–water partition coefficient (Wildman–Crippen LogP) is 3.09. The molecule has 0 bridgehead atoms. The van der Waals surface area contributed by atoms with E-state index in [0.717, 1.165) is 12.1 Å². The van der Waals surface area contributed by atoms with E-state index < -0.39 is 22.4 Å². The number of esters is 1. The molecule has 1 aromatic carbocycles. The molecule has 0 N–H and O–H groups in total. The zero-order valence-electron chi connectivity index (χ0n) is 12.6. The van der Waals surface area contributed by atoms with Crippen molar-refractivity contribution in [3.05, 3.63) is 49.6 Å². The second-order valence-corrected chi connectivity index (χ2v) is 5.41. The fourth-order valence-corrected chi connectivity index (χ4v) is 2.21. The zero-order chi connectivity index (χ0) is 17.7. The number of carbonyl (C=O) groups is 2. The molecule has 1 rings (SSSR count). The van der Waals surface area contributed by atoms with Gasteiger partial charge in [0.25, 0.3) is 5.69 Å². The first-order chi connectivity index (χ1) is 10.7. The zero-order valence-corrected chi connectivity index (χ0v) is 14.1. The maximum atomic E-state index is 12.6. The van der Waals surface area contributed by atoms with Gasteiger partial charge in [-0.1, -0.05) is 23.2 Å². The van der Waals surface area contributed by atoms with Crippen LogP contribution in [0.1, 0.15) is 17.3 Å². The lowest BCUT2D eigenvalue weighted by molar-refractivity contribution is -0.384. The van der Waals surface area contributed by atoms with Crippen LogP contribution >= 0.6 is 23.2 Å². The van der Waals surface area contributed by atoms with Crippen LogP contribution in [0.4, 0.5) is 5.69 Å². The van der Waals surface area contributed by atoms with Crippen LogP contribution in [0.25, 0.3) is 0 Å². The monoisotopic (exact) mass is 360 g/mol. The second kappa shape index (κ2) is 7.94. The van der Waals surface area contributed by atoms with Gasteiger partial charge >= 0.3 is 5.97 Å². The van der Waals surface area contributed by atoms with Crippen molar-refractivity contribution in [1.82, 2.24) is 4.90 Å². The summed E-state index contributed by atoms with van der Waals surface area (Å²) in [5.74, 6) is -1.64. The number of Topliss-reactive ketones (excluding diaryl/α,β-unsaturated/α-hetero) is 1. The third kappa shape index (κ3) is 4.67. The molecule has 23 heavy (non-hydrogen) atoms. The van der Waals surface area contributed by atoms with Gasteiger partial charge in [0.2, 0.25) is 5.78 Å². The van der Waals surface area contributed by atoms with Crippen molar-refractivity contribution in [3.63, 3.8) is 0 Å². The summed E-state index contributed by atoms with van der Waals surface area (Å²) in [5, 5.41) is 10.6. The van der Waals surface area contributed by atoms with Crippen molar-refractivity contribution >= 4 is 40.6 Å². The molecule has 0 heterocycles. The maximum absolute atomic E-state index is 12.6. The van der Waals surface area contributed by atoms with Gasteiger partial charge in [0, 0.05) is 31.9 Å². The van der Waals surface area contributed by atoms with Crippen molar-refractivity contribution in [1.29, 1.82) is 0 Å². The Morgan fingerprint density at radius 1 is 1.30 bits per heavy atom. The van der Waals surface area contributed by atoms with E-state index >= 15 is 0 Å². The number of halogens is 2. The summed E-state index contributed by atoms with van der Waals surface area (Å²) in [6.45, 7) is 1.67. The molecule has 0 unspecified atom stereocenters. The quantitative estimate of drug-likeness (QED) is 0.147. The molecule has 124 valence electrons. The standard InChI is InChI=1S/C14H14Cl2N2O5/c1-4-23-14(20)9(7-17(2)3)13(19)8-5-12(18(21)22)11(16)6-10(8)15/h5-7H,4H2,1-3H3/b9-7+. The molecule has 0 radical (unpaired) electrons. The van der Waals surface area contributed by atoms with E-state index in [0.29, 0.717) is 0 Å². The van der Waals surface area contributed by atoms with Crippen molar-refractivity contribution < 1.29 is 19.2 Å². The summed E-state index contributed by atoms with van der Waals surface area (Å²) in [4.78, 5) is 36.2. The Morgan fingerprint density at radius 3 is 2.39 bits per heavy atom. The molecule has 1 aromatic rings. The largest absolute Gasteiger partial charge is 0.462 e. The smallest absolute Gasteiger partial charge is 0.343 e. The highest BCUT2D eigenvalue weighted by molar-refractivity contribution is 6.39. The van der Waals surface area contributed by atoms with Gasteiger partial charge in [0.15, 0.2) is 0 Å². The van der Waals surface area contributed by atoms with E-state index in [1.807, 2.05) is 0 Å². The second-order valence-electron chi connectivity index (χ2n) is 4.60. The van der Waals surface area contributed by atoms with Gasteiger partial charge in [-0.3, -0.25) is 14.9 Å². The summed E-state index contributed by atoms with van der Waals surface area (Å²) < 4.78 is 4.83. The third-order valence-corrected chi connectivity index (χ3v) is 3.22. The number of nitro benzene ring substituents is 1. The van der Waals surface area contributed by atoms with Crippen molar-refractivity contribution in [3.8, 4) is 0 Å². The van der Waals surface area contributed by atoms with Crippen LogP contribution < -0.4 is 0 Å². The van der Waals surface area contributed by atoms with E-state index in [-0.39, 0.29) is 27.8 Å². The first kappa shape index (κ1) is 18.9.